The van der Waals surface area contributed by atoms with E-state index < -0.39 is 17.7 Å². The smallest absolute Gasteiger partial charge is 0.295 e. The van der Waals surface area contributed by atoms with E-state index in [2.05, 4.69) is 13.8 Å². The minimum atomic E-state index is -0.640. The van der Waals surface area contributed by atoms with Crippen LogP contribution >= 0.6 is 11.3 Å². The molecular formula is C25H32N2O4S. The van der Waals surface area contributed by atoms with Crippen LogP contribution in [0.3, 0.4) is 0 Å². The van der Waals surface area contributed by atoms with Crippen molar-refractivity contribution < 1.29 is 19.4 Å². The van der Waals surface area contributed by atoms with Crippen LogP contribution in [0.2, 0.25) is 0 Å². The number of likely N-dealkylation sites (tertiary alicyclic amines) is 1. The standard InChI is InChI=1S/C25H32N2O4S/c1-7-31-19-9-8-17(14-18(19)15(2)3)22(28)20-21(24-16(4)10-13-32-24)27(12-11-26(5)6)25(30)23(20)29/h8-10,13-15,21,28H,7,11-12H2,1-6H3/b22-20-. The first kappa shape index (κ1) is 24.0. The minimum Gasteiger partial charge on any atom is -0.507 e. The first-order valence-electron chi connectivity index (χ1n) is 10.9. The number of rotatable bonds is 8. The summed E-state index contributed by atoms with van der Waals surface area (Å²) < 4.78 is 5.73. The van der Waals surface area contributed by atoms with E-state index >= 15 is 0 Å². The lowest BCUT2D eigenvalue weighted by Gasteiger charge is -2.26. The summed E-state index contributed by atoms with van der Waals surface area (Å²) in [7, 11) is 3.85. The number of hydrogen-bond donors (Lipinski definition) is 1. The maximum Gasteiger partial charge on any atom is 0.295 e. The fourth-order valence-corrected chi connectivity index (χ4v) is 4.99. The molecule has 0 aliphatic carbocycles. The fourth-order valence-electron chi connectivity index (χ4n) is 3.94. The van der Waals surface area contributed by atoms with E-state index in [9.17, 15) is 14.7 Å². The average Bonchev–Trinajstić information content (AvgIpc) is 3.27. The van der Waals surface area contributed by atoms with Crippen LogP contribution in [0.15, 0.2) is 35.2 Å². The lowest BCUT2D eigenvalue weighted by molar-refractivity contribution is -0.140. The zero-order valence-electron chi connectivity index (χ0n) is 19.6. The summed E-state index contributed by atoms with van der Waals surface area (Å²) in [5, 5.41) is 13.3. The monoisotopic (exact) mass is 456 g/mol. The summed E-state index contributed by atoms with van der Waals surface area (Å²) in [4.78, 5) is 30.6. The minimum absolute atomic E-state index is 0.140. The first-order chi connectivity index (χ1) is 15.2. The van der Waals surface area contributed by atoms with Crippen LogP contribution < -0.4 is 4.74 Å². The SMILES string of the molecule is CCOc1ccc(/C(O)=C2/C(=O)C(=O)N(CCN(C)C)C2c2sccc2C)cc1C(C)C. The van der Waals surface area contributed by atoms with E-state index in [4.69, 9.17) is 4.74 Å². The Morgan fingerprint density at radius 2 is 1.97 bits per heavy atom. The van der Waals surface area contributed by atoms with E-state index in [0.717, 1.165) is 21.8 Å². The molecule has 6 nitrogen and oxygen atoms in total. The van der Waals surface area contributed by atoms with E-state index in [-0.39, 0.29) is 17.3 Å². The molecule has 2 aromatic rings. The molecule has 172 valence electrons. The van der Waals surface area contributed by atoms with Crippen molar-refractivity contribution in [3.05, 3.63) is 56.8 Å². The molecule has 1 atom stereocenters. The zero-order valence-corrected chi connectivity index (χ0v) is 20.5. The third kappa shape index (κ3) is 4.59. The van der Waals surface area contributed by atoms with E-state index in [1.54, 1.807) is 11.0 Å². The van der Waals surface area contributed by atoms with Crippen LogP contribution in [-0.2, 0) is 9.59 Å². The molecule has 3 rings (SSSR count). The van der Waals surface area contributed by atoms with Gasteiger partial charge < -0.3 is 19.6 Å². The van der Waals surface area contributed by atoms with Crippen LogP contribution in [0, 0.1) is 6.92 Å². The van der Waals surface area contributed by atoms with Gasteiger partial charge in [-0.1, -0.05) is 13.8 Å². The molecule has 1 aromatic carbocycles. The molecule has 0 bridgehead atoms. The highest BCUT2D eigenvalue weighted by Crippen LogP contribution is 2.43. The molecule has 1 aliphatic heterocycles. The van der Waals surface area contributed by atoms with Crippen molar-refractivity contribution >= 4 is 28.8 Å². The van der Waals surface area contributed by atoms with Crippen LogP contribution in [0.5, 0.6) is 5.75 Å². The second-order valence-electron chi connectivity index (χ2n) is 8.60. The summed E-state index contributed by atoms with van der Waals surface area (Å²) in [6.45, 7) is 9.56. The Labute approximate surface area is 194 Å². The number of carbonyl (C=O) groups is 2. The van der Waals surface area contributed by atoms with Crippen LogP contribution in [0.4, 0.5) is 0 Å². The van der Waals surface area contributed by atoms with Crippen LogP contribution in [0.25, 0.3) is 5.76 Å². The number of aliphatic hydroxyl groups excluding tert-OH is 1. The van der Waals surface area contributed by atoms with Crippen molar-refractivity contribution in [2.45, 2.75) is 39.7 Å². The third-order valence-electron chi connectivity index (χ3n) is 5.68. The highest BCUT2D eigenvalue weighted by Gasteiger charge is 2.46. The second-order valence-corrected chi connectivity index (χ2v) is 9.55. The third-order valence-corrected chi connectivity index (χ3v) is 6.75. The number of nitrogens with zero attached hydrogens (tertiary/aromatic N) is 2. The topological polar surface area (TPSA) is 70.1 Å². The number of ketones is 1. The van der Waals surface area contributed by atoms with Crippen molar-refractivity contribution in [2.24, 2.45) is 0 Å². The van der Waals surface area contributed by atoms with Gasteiger partial charge in [0.15, 0.2) is 0 Å². The van der Waals surface area contributed by atoms with Crippen LogP contribution in [-0.4, -0.2) is 60.4 Å². The highest BCUT2D eigenvalue weighted by molar-refractivity contribution is 7.10. The van der Waals surface area contributed by atoms with Crippen molar-refractivity contribution in [3.63, 3.8) is 0 Å². The normalized spacial score (nSPS) is 18.2. The Kier molecular flexibility index (Phi) is 7.41. The Morgan fingerprint density at radius 1 is 1.25 bits per heavy atom. The maximum absolute atomic E-state index is 13.1. The van der Waals surface area contributed by atoms with Gasteiger partial charge in [0.25, 0.3) is 11.7 Å². The molecule has 0 spiro atoms. The molecule has 32 heavy (non-hydrogen) atoms. The molecule has 7 heteroatoms. The van der Waals surface area contributed by atoms with Gasteiger partial charge in [-0.3, -0.25) is 9.59 Å². The molecular weight excluding hydrogens is 424 g/mol. The second kappa shape index (κ2) is 9.88. The summed E-state index contributed by atoms with van der Waals surface area (Å²) in [5.74, 6) is -0.419. The van der Waals surface area contributed by atoms with Crippen molar-refractivity contribution in [2.75, 3.05) is 33.8 Å². The molecule has 0 saturated carbocycles. The van der Waals surface area contributed by atoms with Crippen molar-refractivity contribution in [1.29, 1.82) is 0 Å². The quantitative estimate of drug-likeness (QED) is 0.358. The van der Waals surface area contributed by atoms with Gasteiger partial charge in [0.2, 0.25) is 0 Å². The molecule has 1 unspecified atom stereocenters. The fraction of sp³-hybridized carbons (Fsp3) is 0.440. The number of carbonyl (C=O) groups excluding carboxylic acids is 2. The molecule has 1 aromatic heterocycles. The predicted molar refractivity (Wildman–Crippen MR) is 128 cm³/mol. The lowest BCUT2D eigenvalue weighted by atomic mass is 9.94. The van der Waals surface area contributed by atoms with Crippen molar-refractivity contribution in [3.8, 4) is 5.75 Å². The summed E-state index contributed by atoms with van der Waals surface area (Å²) in [6, 6.07) is 6.80. The Hall–Kier alpha value is -2.64. The number of benzene rings is 1. The molecule has 1 amide bonds. The molecule has 1 fully saturated rings. The molecule has 2 heterocycles. The largest absolute Gasteiger partial charge is 0.507 e. The predicted octanol–water partition coefficient (Wildman–Crippen LogP) is 4.56. The lowest BCUT2D eigenvalue weighted by Crippen LogP contribution is -2.35. The van der Waals surface area contributed by atoms with Gasteiger partial charge in [-0.05, 0) is 74.6 Å². The summed E-state index contributed by atoms with van der Waals surface area (Å²) in [6.07, 6.45) is 0. The number of aliphatic hydroxyl groups is 1. The molecule has 0 radical (unpaired) electrons. The van der Waals surface area contributed by atoms with Gasteiger partial charge in [-0.25, -0.2) is 0 Å². The van der Waals surface area contributed by atoms with Gasteiger partial charge in [0, 0.05) is 23.5 Å². The van der Waals surface area contributed by atoms with Crippen molar-refractivity contribution in [1.82, 2.24) is 9.80 Å². The number of likely N-dealkylation sites (N-methyl/N-ethyl adjacent to an activating group) is 1. The number of hydrogen-bond acceptors (Lipinski definition) is 6. The number of ether oxygens (including phenoxy) is 1. The number of Topliss-reactive ketones (excluding diaryl/α,β-unsaturated/α-hetero) is 1. The summed E-state index contributed by atoms with van der Waals surface area (Å²) >= 11 is 1.50. The average molecular weight is 457 g/mol. The Morgan fingerprint density at radius 3 is 2.53 bits per heavy atom. The molecule has 1 aliphatic rings. The number of aryl methyl sites for hydroxylation is 1. The van der Waals surface area contributed by atoms with Gasteiger partial charge in [0.1, 0.15) is 11.5 Å². The zero-order chi connectivity index (χ0) is 23.6. The molecule has 1 N–H and O–H groups in total. The van der Waals surface area contributed by atoms with Gasteiger partial charge in [0.05, 0.1) is 18.2 Å². The first-order valence-corrected chi connectivity index (χ1v) is 11.8. The van der Waals surface area contributed by atoms with E-state index in [1.165, 1.54) is 11.3 Å². The Bertz CT molecular complexity index is 1040. The van der Waals surface area contributed by atoms with Crippen LogP contribution in [0.1, 0.15) is 54.3 Å². The Balaban J connectivity index is 2.16. The highest BCUT2D eigenvalue weighted by atomic mass is 32.1. The van der Waals surface area contributed by atoms with Gasteiger partial charge in [-0.2, -0.15) is 0 Å². The maximum atomic E-state index is 13.1. The van der Waals surface area contributed by atoms with E-state index in [1.807, 2.05) is 56.4 Å². The summed E-state index contributed by atoms with van der Waals surface area (Å²) in [5.41, 5.74) is 2.61. The van der Waals surface area contributed by atoms with Gasteiger partial charge >= 0.3 is 0 Å². The van der Waals surface area contributed by atoms with Gasteiger partial charge in [-0.15, -0.1) is 11.3 Å². The number of amides is 1. The van der Waals surface area contributed by atoms with E-state index in [0.29, 0.717) is 25.3 Å². The number of thiophene rings is 1. The molecule has 1 saturated heterocycles.